The SMILES string of the molecule is CC(C)(C)OC(=O)N1CC2[C@@H]3[C@H](n4nc(-c5cnn(Cc6cc(F)cc(C(F)(F)F)c6)c5)c(C(N)=O)c4N)C[C@]23C1. The van der Waals surface area contributed by atoms with Crippen LogP contribution in [0.4, 0.5) is 28.2 Å². The molecule has 0 radical (unpaired) electrons. The number of primary amides is 1. The number of carbonyl (C=O) groups excluding carboxylic acids is 2. The van der Waals surface area contributed by atoms with E-state index in [1.807, 2.05) is 20.8 Å². The lowest BCUT2D eigenvalue weighted by atomic mass is 9.80. The Morgan fingerprint density at radius 3 is 2.56 bits per heavy atom. The molecule has 3 fully saturated rings. The Morgan fingerprint density at radius 1 is 1.20 bits per heavy atom. The molecule has 41 heavy (non-hydrogen) atoms. The number of hydrogen-bond acceptors (Lipinski definition) is 6. The molecule has 4 N–H and O–H groups in total. The van der Waals surface area contributed by atoms with Gasteiger partial charge >= 0.3 is 12.3 Å². The van der Waals surface area contributed by atoms with E-state index in [-0.39, 0.29) is 58.6 Å². The molecule has 218 valence electrons. The molecule has 1 aromatic carbocycles. The number of rotatable bonds is 5. The van der Waals surface area contributed by atoms with Gasteiger partial charge in [-0.2, -0.15) is 23.4 Å². The number of amides is 2. The van der Waals surface area contributed by atoms with Gasteiger partial charge in [-0.15, -0.1) is 0 Å². The fraction of sp³-hybridized carbons (Fsp3) is 0.481. The smallest absolute Gasteiger partial charge is 0.416 e. The third kappa shape index (κ3) is 4.49. The minimum absolute atomic E-state index is 0.0158. The molecule has 6 rings (SSSR count). The molecule has 3 heterocycles. The number of piperidine rings is 1. The molecule has 2 amide bonds. The van der Waals surface area contributed by atoms with Crippen molar-refractivity contribution in [2.75, 3.05) is 18.8 Å². The van der Waals surface area contributed by atoms with Crippen molar-refractivity contribution >= 4 is 17.8 Å². The number of alkyl halides is 3. The normalized spacial score (nSPS) is 25.0. The number of hydrogen-bond donors (Lipinski definition) is 2. The summed E-state index contributed by atoms with van der Waals surface area (Å²) in [5.74, 6) is -1.15. The van der Waals surface area contributed by atoms with Crippen LogP contribution in [-0.2, 0) is 17.5 Å². The van der Waals surface area contributed by atoms with E-state index < -0.39 is 29.1 Å². The number of nitrogen functional groups attached to an aromatic ring is 1. The van der Waals surface area contributed by atoms with Gasteiger partial charge in [-0.3, -0.25) is 9.48 Å². The molecule has 1 spiro atoms. The van der Waals surface area contributed by atoms with Gasteiger partial charge in [-0.1, -0.05) is 0 Å². The Morgan fingerprint density at radius 2 is 1.93 bits per heavy atom. The zero-order chi connectivity index (χ0) is 29.6. The van der Waals surface area contributed by atoms with Crippen LogP contribution in [0, 0.1) is 23.1 Å². The maximum absolute atomic E-state index is 13.8. The highest BCUT2D eigenvalue weighted by Crippen LogP contribution is 2.79. The van der Waals surface area contributed by atoms with Gasteiger partial charge in [-0.05, 0) is 62.8 Å². The van der Waals surface area contributed by atoms with Crippen molar-refractivity contribution in [1.29, 1.82) is 0 Å². The van der Waals surface area contributed by atoms with Gasteiger partial charge in [0.25, 0.3) is 5.91 Å². The molecule has 14 heteroatoms. The molecule has 1 unspecified atom stereocenters. The minimum Gasteiger partial charge on any atom is -0.444 e. The van der Waals surface area contributed by atoms with Crippen LogP contribution in [0.1, 0.15) is 54.7 Å². The molecular formula is C27H29F4N7O3. The second kappa shape index (κ2) is 8.70. The van der Waals surface area contributed by atoms with Crippen molar-refractivity contribution in [2.45, 2.75) is 51.6 Å². The number of ether oxygens (including phenoxy) is 1. The lowest BCUT2D eigenvalue weighted by Gasteiger charge is -2.37. The molecule has 2 saturated carbocycles. The first-order valence-electron chi connectivity index (χ1n) is 13.1. The van der Waals surface area contributed by atoms with Gasteiger partial charge in [0.1, 0.15) is 28.5 Å². The van der Waals surface area contributed by atoms with Gasteiger partial charge in [0.15, 0.2) is 0 Å². The van der Waals surface area contributed by atoms with Crippen molar-refractivity contribution < 1.29 is 31.9 Å². The zero-order valence-corrected chi connectivity index (χ0v) is 22.6. The summed E-state index contributed by atoms with van der Waals surface area (Å²) in [5, 5.41) is 8.80. The first kappa shape index (κ1) is 27.1. The Bertz CT molecular complexity index is 1570. The van der Waals surface area contributed by atoms with E-state index in [1.165, 1.54) is 17.1 Å². The van der Waals surface area contributed by atoms with E-state index in [4.69, 9.17) is 16.2 Å². The van der Waals surface area contributed by atoms with Crippen molar-refractivity contribution in [3.8, 4) is 11.3 Å². The molecule has 2 aliphatic carbocycles. The summed E-state index contributed by atoms with van der Waals surface area (Å²) in [6, 6.07) is 2.21. The molecule has 10 nitrogen and oxygen atoms in total. The number of carbonyl (C=O) groups is 2. The van der Waals surface area contributed by atoms with Crippen LogP contribution < -0.4 is 11.5 Å². The van der Waals surface area contributed by atoms with E-state index in [9.17, 15) is 27.2 Å². The number of likely N-dealkylation sites (tertiary alicyclic amines) is 1. The number of benzene rings is 1. The van der Waals surface area contributed by atoms with E-state index >= 15 is 0 Å². The van der Waals surface area contributed by atoms with Crippen LogP contribution in [0.3, 0.4) is 0 Å². The highest BCUT2D eigenvalue weighted by atomic mass is 19.4. The lowest BCUT2D eigenvalue weighted by Crippen LogP contribution is -2.42. The molecule has 1 aliphatic heterocycles. The number of nitrogens with zero attached hydrogens (tertiary/aromatic N) is 5. The maximum atomic E-state index is 13.8. The van der Waals surface area contributed by atoms with Crippen LogP contribution in [0.5, 0.6) is 0 Å². The van der Waals surface area contributed by atoms with Crippen molar-refractivity contribution in [2.24, 2.45) is 23.0 Å². The van der Waals surface area contributed by atoms with Crippen LogP contribution in [-0.4, -0.2) is 55.2 Å². The van der Waals surface area contributed by atoms with Gasteiger partial charge in [-0.25, -0.2) is 13.9 Å². The summed E-state index contributed by atoms with van der Waals surface area (Å²) >= 11 is 0. The number of aromatic nitrogens is 4. The largest absolute Gasteiger partial charge is 0.444 e. The fourth-order valence-electron chi connectivity index (χ4n) is 6.66. The zero-order valence-electron chi connectivity index (χ0n) is 22.6. The monoisotopic (exact) mass is 575 g/mol. The summed E-state index contributed by atoms with van der Waals surface area (Å²) in [4.78, 5) is 26.7. The maximum Gasteiger partial charge on any atom is 0.416 e. The summed E-state index contributed by atoms with van der Waals surface area (Å²) in [5.41, 5.74) is 11.0. The van der Waals surface area contributed by atoms with Gasteiger partial charge in [0.2, 0.25) is 0 Å². The average molecular weight is 576 g/mol. The number of nitrogens with two attached hydrogens (primary N) is 2. The highest BCUT2D eigenvalue weighted by Gasteiger charge is 2.79. The quantitative estimate of drug-likeness (QED) is 0.441. The van der Waals surface area contributed by atoms with E-state index in [0.717, 1.165) is 18.6 Å². The molecule has 1 saturated heterocycles. The fourth-order valence-corrected chi connectivity index (χ4v) is 6.66. The molecule has 4 atom stereocenters. The van der Waals surface area contributed by atoms with Gasteiger partial charge in [0, 0.05) is 30.3 Å². The molecule has 3 aliphatic rings. The average Bonchev–Trinajstić information content (AvgIpc) is 3.32. The predicted octanol–water partition coefficient (Wildman–Crippen LogP) is 4.06. The van der Waals surface area contributed by atoms with E-state index in [1.54, 1.807) is 9.58 Å². The van der Waals surface area contributed by atoms with Gasteiger partial charge < -0.3 is 21.1 Å². The minimum atomic E-state index is -4.69. The van der Waals surface area contributed by atoms with Crippen LogP contribution in [0.15, 0.2) is 30.6 Å². The first-order valence-corrected chi connectivity index (χ1v) is 13.1. The topological polar surface area (TPSA) is 134 Å². The van der Waals surface area contributed by atoms with E-state index in [0.29, 0.717) is 24.7 Å². The third-order valence-corrected chi connectivity index (χ3v) is 8.33. The Kier molecular flexibility index (Phi) is 5.75. The van der Waals surface area contributed by atoms with Crippen LogP contribution in [0.2, 0.25) is 0 Å². The summed E-state index contributed by atoms with van der Waals surface area (Å²) in [6.07, 6.45) is -1.41. The first-order chi connectivity index (χ1) is 19.1. The second-order valence-electron chi connectivity index (χ2n) is 12.2. The van der Waals surface area contributed by atoms with Crippen molar-refractivity contribution in [3.05, 3.63) is 53.1 Å². The standard InChI is InChI=1S/C27H29F4N7O3/c1-25(2,3)41-24(40)36-11-17-20-18(7-26(17,20)12-36)38-22(32)19(23(33)39)21(35-38)14-8-34-37(10-14)9-13-4-15(27(29,30)31)6-16(28)5-13/h4-6,8,10,17-18,20H,7,9,11-12,32H2,1-3H3,(H2,33,39)/t17?,18-,20-,26+/m1/s1. The number of fused-ring (bicyclic) bond motifs is 1. The van der Waals surface area contributed by atoms with E-state index in [2.05, 4.69) is 10.2 Å². The lowest BCUT2D eigenvalue weighted by molar-refractivity contribution is -0.137. The van der Waals surface area contributed by atoms with Crippen LogP contribution in [0.25, 0.3) is 11.3 Å². The summed E-state index contributed by atoms with van der Waals surface area (Å²) in [7, 11) is 0. The Balaban J connectivity index is 1.21. The Labute approximate surface area is 232 Å². The molecule has 2 aromatic heterocycles. The van der Waals surface area contributed by atoms with Crippen LogP contribution >= 0.6 is 0 Å². The molecular weight excluding hydrogens is 546 g/mol. The molecule has 0 bridgehead atoms. The third-order valence-electron chi connectivity index (χ3n) is 8.33. The highest BCUT2D eigenvalue weighted by molar-refractivity contribution is 6.03. The van der Waals surface area contributed by atoms with Gasteiger partial charge in [0.05, 0.1) is 24.3 Å². The number of halogens is 4. The van der Waals surface area contributed by atoms with Crippen molar-refractivity contribution in [3.63, 3.8) is 0 Å². The molecule has 3 aromatic rings. The Hall–Kier alpha value is -4.10. The van der Waals surface area contributed by atoms with Crippen molar-refractivity contribution in [1.82, 2.24) is 24.5 Å². The second-order valence-corrected chi connectivity index (χ2v) is 12.2. The predicted molar refractivity (Wildman–Crippen MR) is 138 cm³/mol. The number of anilines is 1. The summed E-state index contributed by atoms with van der Waals surface area (Å²) in [6.45, 7) is 6.50. The summed E-state index contributed by atoms with van der Waals surface area (Å²) < 4.78 is 61.6.